The van der Waals surface area contributed by atoms with Crippen LogP contribution in [0.5, 0.6) is 0 Å². The molecule has 6 heteroatoms. The number of aliphatic carboxylic acids is 1. The molecule has 0 saturated carbocycles. The zero-order chi connectivity index (χ0) is 20.1. The summed E-state index contributed by atoms with van der Waals surface area (Å²) in [5.41, 5.74) is 1.23. The van der Waals surface area contributed by atoms with E-state index in [0.29, 0.717) is 0 Å². The molecule has 0 bridgehead atoms. The molecule has 0 spiro atoms. The van der Waals surface area contributed by atoms with Gasteiger partial charge in [-0.05, 0) is 34.5 Å². The number of carbonyl (C=O) groups is 3. The fourth-order valence-corrected chi connectivity index (χ4v) is 3.04. The lowest BCUT2D eigenvalue weighted by Crippen LogP contribution is -2.42. The van der Waals surface area contributed by atoms with Crippen LogP contribution in [0.2, 0.25) is 0 Å². The van der Waals surface area contributed by atoms with Gasteiger partial charge in [-0.15, -0.1) is 0 Å². The molecule has 0 heterocycles. The van der Waals surface area contributed by atoms with Gasteiger partial charge in [-0.2, -0.15) is 0 Å². The predicted molar refractivity (Wildman–Crippen MR) is 104 cm³/mol. The Kier molecular flexibility index (Phi) is 5.69. The Hall–Kier alpha value is -3.67. The molecule has 142 valence electrons. The Bertz CT molecular complexity index is 1040. The minimum atomic E-state index is -1.13. The summed E-state index contributed by atoms with van der Waals surface area (Å²) >= 11 is 0. The van der Waals surface area contributed by atoms with Crippen LogP contribution in [0.15, 0.2) is 66.7 Å². The predicted octanol–water partition coefficient (Wildman–Crippen LogP) is 3.05. The fourth-order valence-electron chi connectivity index (χ4n) is 3.04. The first-order chi connectivity index (χ1) is 13.5. The molecule has 3 aromatic rings. The quantitative estimate of drug-likeness (QED) is 0.644. The van der Waals surface area contributed by atoms with Crippen LogP contribution in [-0.4, -0.2) is 36.1 Å². The molecular weight excluding hydrogens is 358 g/mol. The number of carboxylic acids is 1. The Balaban J connectivity index is 1.83. The van der Waals surface area contributed by atoms with E-state index >= 15 is 0 Å². The van der Waals surface area contributed by atoms with Crippen LogP contribution >= 0.6 is 0 Å². The van der Waals surface area contributed by atoms with Crippen molar-refractivity contribution in [1.82, 2.24) is 5.32 Å². The normalized spacial score (nSPS) is 11.6. The Morgan fingerprint density at radius 1 is 0.964 bits per heavy atom. The number of hydrogen-bond donors (Lipinski definition) is 2. The smallest absolute Gasteiger partial charge is 0.337 e. The highest BCUT2D eigenvalue weighted by Gasteiger charge is 2.22. The van der Waals surface area contributed by atoms with Crippen LogP contribution < -0.4 is 5.32 Å². The van der Waals surface area contributed by atoms with Crippen LogP contribution in [0.1, 0.15) is 26.3 Å². The maximum Gasteiger partial charge on any atom is 0.337 e. The molecule has 1 atom stereocenters. The van der Waals surface area contributed by atoms with Gasteiger partial charge in [0.2, 0.25) is 0 Å². The number of benzene rings is 3. The van der Waals surface area contributed by atoms with Gasteiger partial charge in [-0.1, -0.05) is 48.5 Å². The molecule has 0 fully saturated rings. The van der Waals surface area contributed by atoms with Crippen molar-refractivity contribution in [3.63, 3.8) is 0 Å². The molecule has 0 aromatic heterocycles. The van der Waals surface area contributed by atoms with Crippen molar-refractivity contribution in [2.75, 3.05) is 7.11 Å². The number of carboxylic acid groups (broad SMARTS) is 1. The highest BCUT2D eigenvalue weighted by molar-refractivity contribution is 5.99. The van der Waals surface area contributed by atoms with E-state index < -0.39 is 23.9 Å². The molecule has 0 unspecified atom stereocenters. The van der Waals surface area contributed by atoms with E-state index in [2.05, 4.69) is 10.1 Å². The lowest BCUT2D eigenvalue weighted by Gasteiger charge is -2.16. The number of fused-ring (bicyclic) bond motifs is 1. The fraction of sp³-hybridized carbons (Fsp3) is 0.136. The molecule has 0 aliphatic heterocycles. The molecule has 0 saturated heterocycles. The van der Waals surface area contributed by atoms with Crippen molar-refractivity contribution in [3.8, 4) is 0 Å². The second-order valence-corrected chi connectivity index (χ2v) is 6.28. The van der Waals surface area contributed by atoms with Crippen molar-refractivity contribution in [1.29, 1.82) is 0 Å². The number of hydrogen-bond acceptors (Lipinski definition) is 4. The van der Waals surface area contributed by atoms with Gasteiger partial charge in [0.1, 0.15) is 6.04 Å². The number of ether oxygens (including phenoxy) is 1. The lowest BCUT2D eigenvalue weighted by molar-refractivity contribution is -0.139. The monoisotopic (exact) mass is 377 g/mol. The Labute approximate surface area is 161 Å². The van der Waals surface area contributed by atoms with Crippen molar-refractivity contribution < 1.29 is 24.2 Å². The van der Waals surface area contributed by atoms with Crippen LogP contribution in [0, 0.1) is 0 Å². The first-order valence-corrected chi connectivity index (χ1v) is 8.68. The van der Waals surface area contributed by atoms with Crippen LogP contribution in [0.3, 0.4) is 0 Å². The van der Waals surface area contributed by atoms with Crippen LogP contribution in [0.4, 0.5) is 0 Å². The maximum absolute atomic E-state index is 12.5. The van der Waals surface area contributed by atoms with Crippen LogP contribution in [-0.2, 0) is 16.0 Å². The molecule has 0 aliphatic rings. The second-order valence-electron chi connectivity index (χ2n) is 6.28. The molecule has 6 nitrogen and oxygen atoms in total. The number of nitrogens with one attached hydrogen (secondary N) is 1. The summed E-state index contributed by atoms with van der Waals surface area (Å²) in [6.07, 6.45) is 0.138. The van der Waals surface area contributed by atoms with Gasteiger partial charge in [0, 0.05) is 12.0 Å². The maximum atomic E-state index is 12.5. The SMILES string of the molecule is COC(=O)c1cccc(C(=O)N[C@H](Cc2cccc3ccccc23)C(=O)O)c1. The van der Waals surface area contributed by atoms with E-state index in [1.165, 1.54) is 25.3 Å². The Morgan fingerprint density at radius 2 is 1.64 bits per heavy atom. The molecule has 1 amide bonds. The number of rotatable bonds is 6. The average molecular weight is 377 g/mol. The number of methoxy groups -OCH3 is 1. The minimum absolute atomic E-state index is 0.138. The third kappa shape index (κ3) is 4.17. The molecule has 3 rings (SSSR count). The van der Waals surface area contributed by atoms with Gasteiger partial charge < -0.3 is 15.2 Å². The third-order valence-electron chi connectivity index (χ3n) is 4.45. The number of esters is 1. The number of carbonyl (C=O) groups excluding carboxylic acids is 2. The summed E-state index contributed by atoms with van der Waals surface area (Å²) in [5, 5.41) is 14.1. The van der Waals surface area contributed by atoms with Crippen molar-refractivity contribution in [2.24, 2.45) is 0 Å². The summed E-state index contributed by atoms with van der Waals surface area (Å²) in [5.74, 6) is -2.27. The van der Waals surface area contributed by atoms with E-state index in [0.717, 1.165) is 16.3 Å². The van der Waals surface area contributed by atoms with E-state index in [9.17, 15) is 19.5 Å². The van der Waals surface area contributed by atoms with E-state index in [4.69, 9.17) is 0 Å². The van der Waals surface area contributed by atoms with Crippen molar-refractivity contribution in [2.45, 2.75) is 12.5 Å². The van der Waals surface area contributed by atoms with E-state index in [1.807, 2.05) is 42.5 Å². The Morgan fingerprint density at radius 3 is 2.39 bits per heavy atom. The van der Waals surface area contributed by atoms with Crippen LogP contribution in [0.25, 0.3) is 10.8 Å². The van der Waals surface area contributed by atoms with Gasteiger partial charge in [0.25, 0.3) is 5.91 Å². The molecule has 0 radical (unpaired) electrons. The highest BCUT2D eigenvalue weighted by Crippen LogP contribution is 2.20. The van der Waals surface area contributed by atoms with Gasteiger partial charge in [0.15, 0.2) is 0 Å². The number of amides is 1. The molecule has 2 N–H and O–H groups in total. The van der Waals surface area contributed by atoms with Crippen molar-refractivity contribution in [3.05, 3.63) is 83.4 Å². The largest absolute Gasteiger partial charge is 0.480 e. The third-order valence-corrected chi connectivity index (χ3v) is 4.45. The van der Waals surface area contributed by atoms with Crippen molar-refractivity contribution >= 4 is 28.6 Å². The molecule has 28 heavy (non-hydrogen) atoms. The average Bonchev–Trinajstić information content (AvgIpc) is 2.72. The highest BCUT2D eigenvalue weighted by atomic mass is 16.5. The summed E-state index contributed by atoms with van der Waals surface area (Å²) < 4.78 is 4.65. The zero-order valence-corrected chi connectivity index (χ0v) is 15.2. The first-order valence-electron chi connectivity index (χ1n) is 8.68. The van der Waals surface area contributed by atoms with E-state index in [-0.39, 0.29) is 17.5 Å². The summed E-state index contributed by atoms with van der Waals surface area (Å²) in [4.78, 5) is 35.9. The summed E-state index contributed by atoms with van der Waals surface area (Å²) in [7, 11) is 1.25. The van der Waals surface area contributed by atoms with Gasteiger partial charge in [0.05, 0.1) is 12.7 Å². The molecular formula is C22H19NO5. The summed E-state index contributed by atoms with van der Waals surface area (Å²) in [6.45, 7) is 0. The molecule has 0 aliphatic carbocycles. The minimum Gasteiger partial charge on any atom is -0.480 e. The lowest BCUT2D eigenvalue weighted by atomic mass is 9.98. The van der Waals surface area contributed by atoms with E-state index in [1.54, 1.807) is 6.07 Å². The topological polar surface area (TPSA) is 92.7 Å². The standard InChI is InChI=1S/C22H19NO5/c1-28-22(27)17-10-5-9-16(12-17)20(24)23-19(21(25)26)13-15-8-4-7-14-6-2-3-11-18(14)15/h2-12,19H,13H2,1H3,(H,23,24)(H,25,26)/t19-/m1/s1. The molecule has 3 aromatic carbocycles. The van der Waals surface area contributed by atoms with Gasteiger partial charge in [-0.3, -0.25) is 4.79 Å². The first kappa shape index (κ1) is 19.1. The zero-order valence-electron chi connectivity index (χ0n) is 15.2. The second kappa shape index (κ2) is 8.35. The summed E-state index contributed by atoms with van der Waals surface area (Å²) in [6, 6.07) is 18.2. The van der Waals surface area contributed by atoms with Gasteiger partial charge >= 0.3 is 11.9 Å². The van der Waals surface area contributed by atoms with Gasteiger partial charge in [-0.25, -0.2) is 9.59 Å².